The highest BCUT2D eigenvalue weighted by Crippen LogP contribution is 2.77. The van der Waals surface area contributed by atoms with Crippen molar-refractivity contribution in [2.45, 2.75) is 130 Å². The number of fused-ring (bicyclic) bond motifs is 5. The number of aliphatic hydroxyl groups is 2. The molecule has 0 aromatic heterocycles. The van der Waals surface area contributed by atoms with Gasteiger partial charge in [-0.25, -0.2) is 4.79 Å². The smallest absolute Gasteiger partial charge is 0.333 e. The number of rotatable bonds is 8. The number of carbonyl (C=O) groups is 3. The summed E-state index contributed by atoms with van der Waals surface area (Å²) in [5, 5.41) is 25.4. The van der Waals surface area contributed by atoms with Gasteiger partial charge in [-0.15, -0.1) is 0 Å². The fraction of sp³-hybridized carbons (Fsp3) is 0.750. The average molecular weight is 645 g/mol. The van der Waals surface area contributed by atoms with Gasteiger partial charge in [0.1, 0.15) is 11.7 Å². The van der Waals surface area contributed by atoms with Gasteiger partial charge >= 0.3 is 11.9 Å². The molecule has 0 aromatic carbocycles. The molecule has 9 atom stereocenters. The molecule has 4 rings (SSSR count). The first-order valence-electron chi connectivity index (χ1n) is 16.6. The van der Waals surface area contributed by atoms with Crippen LogP contribution in [0.25, 0.3) is 0 Å². The molecule has 0 unspecified atom stereocenters. The summed E-state index contributed by atoms with van der Waals surface area (Å²) in [5.41, 5.74) is -4.02. The zero-order valence-corrected chi connectivity index (χ0v) is 30.7. The van der Waals surface area contributed by atoms with Gasteiger partial charge in [0, 0.05) is 41.1 Å². The van der Waals surface area contributed by atoms with E-state index in [1.807, 2.05) is 33.8 Å². The molecule has 4 aliphatic rings. The lowest BCUT2D eigenvalue weighted by Gasteiger charge is -2.53. The van der Waals surface area contributed by atoms with Gasteiger partial charge in [-0.05, 0) is 56.5 Å². The molecule has 0 aliphatic heterocycles. The second-order valence-corrected chi connectivity index (χ2v) is 21.2. The van der Waals surface area contributed by atoms with Crippen molar-refractivity contribution in [2.75, 3.05) is 6.61 Å². The van der Waals surface area contributed by atoms with Crippen molar-refractivity contribution in [3.8, 4) is 0 Å². The first-order valence-corrected chi connectivity index (χ1v) is 19.5. The maximum Gasteiger partial charge on any atom is 0.333 e. The molecule has 0 radical (unpaired) electrons. The second-order valence-electron chi connectivity index (χ2n) is 16.4. The Morgan fingerprint density at radius 3 is 2.31 bits per heavy atom. The van der Waals surface area contributed by atoms with Gasteiger partial charge < -0.3 is 24.1 Å². The van der Waals surface area contributed by atoms with E-state index in [-0.39, 0.29) is 30.0 Å². The summed E-state index contributed by atoms with van der Waals surface area (Å²) in [6, 6.07) is 0. The van der Waals surface area contributed by atoms with Crippen molar-refractivity contribution in [2.24, 2.45) is 35.0 Å². The largest absolute Gasteiger partial charge is 0.454 e. The Balaban J connectivity index is 1.94. The predicted molar refractivity (Wildman–Crippen MR) is 176 cm³/mol. The van der Waals surface area contributed by atoms with Crippen LogP contribution in [0, 0.1) is 35.0 Å². The average Bonchev–Trinajstić information content (AvgIpc) is 3.38. The minimum absolute atomic E-state index is 0.0133. The summed E-state index contributed by atoms with van der Waals surface area (Å²) in [7, 11) is -2.22. The Bertz CT molecular complexity index is 1350. The topological polar surface area (TPSA) is 119 Å². The van der Waals surface area contributed by atoms with Crippen molar-refractivity contribution in [1.29, 1.82) is 0 Å². The number of carbonyl (C=O) groups excluding carboxylic acids is 3. The zero-order chi connectivity index (χ0) is 34.3. The van der Waals surface area contributed by atoms with Gasteiger partial charge in [-0.2, -0.15) is 0 Å². The van der Waals surface area contributed by atoms with Crippen LogP contribution in [0.3, 0.4) is 0 Å². The van der Waals surface area contributed by atoms with Crippen molar-refractivity contribution < 1.29 is 38.5 Å². The number of hydrogen-bond acceptors (Lipinski definition) is 8. The van der Waals surface area contributed by atoms with Gasteiger partial charge in [0.25, 0.3) is 0 Å². The van der Waals surface area contributed by atoms with Crippen LogP contribution in [0.1, 0.15) is 89.0 Å². The first-order chi connectivity index (χ1) is 20.5. The maximum atomic E-state index is 13.7. The molecule has 0 saturated heterocycles. The lowest BCUT2D eigenvalue weighted by molar-refractivity contribution is -0.228. The van der Waals surface area contributed by atoms with E-state index in [0.717, 1.165) is 5.57 Å². The lowest BCUT2D eigenvalue weighted by atomic mass is 9.59. The molecular weight excluding hydrogens is 588 g/mol. The molecule has 0 bridgehead atoms. The summed E-state index contributed by atoms with van der Waals surface area (Å²) in [4.78, 5) is 40.6. The fourth-order valence-electron chi connectivity index (χ4n) is 8.06. The van der Waals surface area contributed by atoms with Crippen LogP contribution in [-0.4, -0.2) is 65.8 Å². The van der Waals surface area contributed by atoms with Gasteiger partial charge in [0.05, 0.1) is 18.1 Å². The van der Waals surface area contributed by atoms with Crippen LogP contribution in [-0.2, 0) is 28.3 Å². The fourth-order valence-corrected chi connectivity index (χ4v) is 9.04. The lowest BCUT2D eigenvalue weighted by Crippen LogP contribution is -2.66. The van der Waals surface area contributed by atoms with Gasteiger partial charge in [-0.1, -0.05) is 73.6 Å². The minimum Gasteiger partial charge on any atom is -0.454 e. The summed E-state index contributed by atoms with van der Waals surface area (Å²) in [6.45, 7) is 25.6. The third-order valence-corrected chi connectivity index (χ3v) is 16.9. The number of Topliss-reactive ketones (excluding diaryl/α,β-unsaturated/α-hetero) is 1. The molecule has 0 aromatic rings. The van der Waals surface area contributed by atoms with Crippen LogP contribution >= 0.6 is 0 Å². The summed E-state index contributed by atoms with van der Waals surface area (Å²) in [6.07, 6.45) is 4.91. The molecule has 8 nitrogen and oxygen atoms in total. The van der Waals surface area contributed by atoms with Crippen molar-refractivity contribution in [3.05, 3.63) is 34.9 Å². The quantitative estimate of drug-likeness (QED) is 0.141. The Morgan fingerprint density at radius 1 is 1.18 bits per heavy atom. The van der Waals surface area contributed by atoms with Crippen LogP contribution in [0.4, 0.5) is 0 Å². The number of allylic oxidation sites excluding steroid dienone is 1. The third kappa shape index (κ3) is 5.15. The van der Waals surface area contributed by atoms with Gasteiger partial charge in [0.2, 0.25) is 0 Å². The predicted octanol–water partition coefficient (Wildman–Crippen LogP) is 6.07. The van der Waals surface area contributed by atoms with Crippen LogP contribution in [0.5, 0.6) is 0 Å². The Hall–Kier alpha value is -2.07. The highest BCUT2D eigenvalue weighted by atomic mass is 28.4. The molecule has 2 N–H and O–H groups in total. The first kappa shape index (κ1) is 35.8. The van der Waals surface area contributed by atoms with E-state index in [0.29, 0.717) is 17.6 Å². The molecule has 9 heteroatoms. The molecule has 252 valence electrons. The molecule has 45 heavy (non-hydrogen) atoms. The molecule has 0 amide bonds. The number of hydrogen-bond donors (Lipinski definition) is 2. The second kappa shape index (κ2) is 11.3. The van der Waals surface area contributed by atoms with Crippen LogP contribution in [0.2, 0.25) is 18.1 Å². The third-order valence-electron chi connectivity index (χ3n) is 12.5. The van der Waals surface area contributed by atoms with E-state index < -0.39 is 72.1 Å². The molecule has 2 fully saturated rings. The van der Waals surface area contributed by atoms with E-state index >= 15 is 0 Å². The van der Waals surface area contributed by atoms with Crippen molar-refractivity contribution in [1.82, 2.24) is 0 Å². The summed E-state index contributed by atoms with van der Waals surface area (Å²) < 4.78 is 19.3. The number of ketones is 1. The maximum absolute atomic E-state index is 13.7. The van der Waals surface area contributed by atoms with Gasteiger partial charge in [0.15, 0.2) is 19.7 Å². The van der Waals surface area contributed by atoms with Crippen LogP contribution in [0.15, 0.2) is 34.9 Å². The SMILES string of the molecule is C/C=C(\C)C(=O)O[C@@H]1[C@@H](C)[C@@]2(O)[C@@H](C=C(CO[Si](C)(C)C(C)(C)C)C[C@]3(O)C(=O)C(C)=C[C@@H]23)[C@@H]2C(C)(C)[C@]12OC(=O)[C@@H](C)CC. The van der Waals surface area contributed by atoms with E-state index in [2.05, 4.69) is 33.9 Å². The Morgan fingerprint density at radius 2 is 1.78 bits per heavy atom. The minimum atomic E-state index is -2.22. The highest BCUT2D eigenvalue weighted by Gasteiger charge is 2.88. The van der Waals surface area contributed by atoms with Gasteiger partial charge in [-0.3, -0.25) is 9.59 Å². The van der Waals surface area contributed by atoms with Crippen molar-refractivity contribution >= 4 is 26.0 Å². The Kier molecular flexibility index (Phi) is 8.96. The molecule has 4 aliphatic carbocycles. The molecule has 0 spiro atoms. The van der Waals surface area contributed by atoms with E-state index in [1.165, 1.54) is 0 Å². The molecule has 2 saturated carbocycles. The van der Waals surface area contributed by atoms with E-state index in [1.54, 1.807) is 39.8 Å². The zero-order valence-electron chi connectivity index (χ0n) is 29.7. The standard InChI is InChI=1S/C36H56O8Si/c1-14-20(3)30(38)43-29-23(6)35(41)25(27-33(10,11)36(27,29)44-31(39)21(4)15-2)17-24(19-42-45(12,13)32(7,8)9)18-34(40)26(35)16-22(5)28(34)37/h14,16-17,21,23,25-27,29,40-41H,15,18-19H2,1-13H3/b20-14+/t21-,23+,25-,26+,27+,29+,34+,35+,36+/m0/s1. The monoisotopic (exact) mass is 644 g/mol. The normalized spacial score (nSPS) is 38.2. The Labute approximate surface area is 270 Å². The molecule has 0 heterocycles. The van der Waals surface area contributed by atoms with Crippen molar-refractivity contribution in [3.63, 3.8) is 0 Å². The highest BCUT2D eigenvalue weighted by molar-refractivity contribution is 6.74. The number of esters is 2. The summed E-state index contributed by atoms with van der Waals surface area (Å²) >= 11 is 0. The van der Waals surface area contributed by atoms with E-state index in [9.17, 15) is 24.6 Å². The number of ether oxygens (including phenoxy) is 2. The van der Waals surface area contributed by atoms with E-state index in [4.69, 9.17) is 13.9 Å². The molecular formula is C36H56O8Si. The summed E-state index contributed by atoms with van der Waals surface area (Å²) in [5.74, 6) is -4.60. The van der Waals surface area contributed by atoms with Crippen LogP contribution < -0.4 is 0 Å².